The Hall–Kier alpha value is 2.09. The van der Waals surface area contributed by atoms with Gasteiger partial charge in [0.15, 0.2) is 0 Å². The normalized spacial score (nSPS) is 1.50. The SMILES string of the molecule is [InH3].[O]=[Zn].[SnH4]. The molecule has 0 atom stereocenters. The van der Waals surface area contributed by atoms with Gasteiger partial charge in [-0.05, 0) is 0 Å². The van der Waals surface area contributed by atoms with Crippen LogP contribution in [0.15, 0.2) is 0 Å². The first-order chi connectivity index (χ1) is 1.00. The molecule has 0 N–H and O–H groups in total. The molecule has 1 nitrogen and oxygen atoms in total. The van der Waals surface area contributed by atoms with Crippen LogP contribution in [0.5, 0.6) is 0 Å². The van der Waals surface area contributed by atoms with Crippen LogP contribution >= 0.6 is 0 Å². The van der Waals surface area contributed by atoms with Crippen LogP contribution in [0.25, 0.3) is 0 Å². The minimum absolute atomic E-state index is 0. The third-order valence-corrected chi connectivity index (χ3v) is 0. The van der Waals surface area contributed by atoms with E-state index in [1.54, 1.807) is 0 Å². The molecule has 0 radical (unpaired) electrons. The molecule has 0 unspecified atom stereocenters. The molecule has 0 rings (SSSR count). The van der Waals surface area contributed by atoms with Crippen molar-refractivity contribution in [2.75, 3.05) is 0 Å². The molecule has 0 aliphatic carbocycles. The Morgan fingerprint density at radius 1 is 1.25 bits per heavy atom. The topological polar surface area (TPSA) is 17.1 Å². The predicted octanol–water partition coefficient (Wildman–Crippen LogP) is -2.76. The van der Waals surface area contributed by atoms with Crippen molar-refractivity contribution in [1.29, 1.82) is 0 Å². The van der Waals surface area contributed by atoms with Gasteiger partial charge >= 0.3 is 71.6 Å². The van der Waals surface area contributed by atoms with Crippen LogP contribution < -0.4 is 0 Å². The third kappa shape index (κ3) is 8.94. The second-order valence-corrected chi connectivity index (χ2v) is 0. The number of rotatable bonds is 0. The molecule has 0 aromatic rings. The van der Waals surface area contributed by atoms with Crippen LogP contribution in [-0.4, -0.2) is 49.8 Å². The van der Waals surface area contributed by atoms with Gasteiger partial charge in [0.1, 0.15) is 0 Å². The minimum atomic E-state index is 0. The summed E-state index contributed by atoms with van der Waals surface area (Å²) >= 11 is 0.125. The quantitative estimate of drug-likeness (QED) is 0.442. The van der Waals surface area contributed by atoms with Crippen molar-refractivity contribution in [3.05, 3.63) is 0 Å². The molecule has 0 aromatic carbocycles. The third-order valence-electron chi connectivity index (χ3n) is 0. The molecule has 0 heterocycles. The molecule has 0 spiro atoms. The summed E-state index contributed by atoms with van der Waals surface area (Å²) < 4.78 is 8.38. The summed E-state index contributed by atoms with van der Waals surface area (Å²) in [5.41, 5.74) is 0. The second-order valence-electron chi connectivity index (χ2n) is 0. The fraction of sp³-hybridized carbons (Fsp3) is 0. The fourth-order valence-electron chi connectivity index (χ4n) is 0. The van der Waals surface area contributed by atoms with Gasteiger partial charge in [0, 0.05) is 0 Å². The van der Waals surface area contributed by atoms with E-state index in [1.807, 2.05) is 0 Å². The van der Waals surface area contributed by atoms with Gasteiger partial charge in [0.25, 0.3) is 0 Å². The van der Waals surface area contributed by atoms with Crippen molar-refractivity contribution in [1.82, 2.24) is 0 Å². The van der Waals surface area contributed by atoms with E-state index in [0.717, 1.165) is 0 Å². The summed E-state index contributed by atoms with van der Waals surface area (Å²) in [5, 5.41) is 0. The Balaban J connectivity index is -0.00000000500. The van der Waals surface area contributed by atoms with E-state index in [2.05, 4.69) is 0 Å². The average molecular weight is 322 g/mol. The molecule has 0 amide bonds. The van der Waals surface area contributed by atoms with Crippen LogP contribution in [0, 0.1) is 0 Å². The van der Waals surface area contributed by atoms with Gasteiger partial charge in [-0.25, -0.2) is 0 Å². The van der Waals surface area contributed by atoms with E-state index in [-0.39, 0.29) is 68.0 Å². The van der Waals surface area contributed by atoms with Gasteiger partial charge in [-0.2, -0.15) is 0 Å². The zero-order valence-electron chi connectivity index (χ0n) is 1.12. The van der Waals surface area contributed by atoms with Gasteiger partial charge in [0.2, 0.25) is 0 Å². The molecular weight excluding hydrogens is 315 g/mol. The second kappa shape index (κ2) is 19.5. The van der Waals surface area contributed by atoms with Crippen LogP contribution in [0.2, 0.25) is 0 Å². The van der Waals surface area contributed by atoms with Gasteiger partial charge < -0.3 is 0 Å². The van der Waals surface area contributed by atoms with E-state index in [1.165, 1.54) is 0 Å². The molecule has 0 saturated carbocycles. The zero-order valence-corrected chi connectivity index (χ0v) is 4.08. The Bertz CT molecular complexity index is 8.00. The van der Waals surface area contributed by atoms with Crippen molar-refractivity contribution in [3.63, 3.8) is 0 Å². The summed E-state index contributed by atoms with van der Waals surface area (Å²) in [7, 11) is 0. The van der Waals surface area contributed by atoms with E-state index in [0.29, 0.717) is 0 Å². The Kier molecular flexibility index (Phi) is 80.5. The van der Waals surface area contributed by atoms with Crippen LogP contribution in [0.1, 0.15) is 0 Å². The van der Waals surface area contributed by atoms with Crippen LogP contribution in [0.3, 0.4) is 0 Å². The Morgan fingerprint density at radius 2 is 1.25 bits per heavy atom. The van der Waals surface area contributed by atoms with E-state index < -0.39 is 0 Å². The zero-order chi connectivity index (χ0) is 2.00. The summed E-state index contributed by atoms with van der Waals surface area (Å²) in [5.74, 6) is 0. The maximum atomic E-state index is 8.38. The van der Waals surface area contributed by atoms with Crippen molar-refractivity contribution in [2.45, 2.75) is 0 Å². The van der Waals surface area contributed by atoms with Gasteiger partial charge in [0.05, 0.1) is 0 Å². The molecule has 4 heteroatoms. The Morgan fingerprint density at radius 3 is 1.25 bits per heavy atom. The molecule has 0 bridgehead atoms. The molecule has 0 saturated heterocycles. The van der Waals surface area contributed by atoms with Crippen molar-refractivity contribution in [3.8, 4) is 0 Å². The first kappa shape index (κ1) is 16.5. The molecule has 0 fully saturated rings. The van der Waals surface area contributed by atoms with Crippen LogP contribution in [0.4, 0.5) is 0 Å². The van der Waals surface area contributed by atoms with E-state index in [4.69, 9.17) is 3.57 Å². The summed E-state index contributed by atoms with van der Waals surface area (Å²) in [4.78, 5) is 0. The summed E-state index contributed by atoms with van der Waals surface area (Å²) in [6.07, 6.45) is 0. The first-order valence-electron chi connectivity index (χ1n) is 0.289. The fourth-order valence-corrected chi connectivity index (χ4v) is 0. The van der Waals surface area contributed by atoms with Crippen molar-refractivity contribution in [2.24, 2.45) is 0 Å². The maximum absolute atomic E-state index is 8.38. The molecular formula is H7InOSnZn. The molecule has 0 aliphatic heterocycles. The molecule has 4 heavy (non-hydrogen) atoms. The van der Waals surface area contributed by atoms with Gasteiger partial charge in [-0.15, -0.1) is 0 Å². The summed E-state index contributed by atoms with van der Waals surface area (Å²) in [6, 6.07) is 0. The monoisotopic (exact) mass is 322 g/mol. The number of hydrogen-bond donors (Lipinski definition) is 0. The van der Waals surface area contributed by atoms with Crippen molar-refractivity contribution >= 4 is 49.8 Å². The molecule has 0 aliphatic rings. The van der Waals surface area contributed by atoms with Gasteiger partial charge in [-0.1, -0.05) is 0 Å². The standard InChI is InChI=1S/In.O.Sn.Zn.7H. The van der Waals surface area contributed by atoms with Gasteiger partial charge in [-0.3, -0.25) is 0 Å². The number of hydrogen-bond acceptors (Lipinski definition) is 1. The molecule has 22 valence electrons. The van der Waals surface area contributed by atoms with E-state index in [9.17, 15) is 0 Å². The summed E-state index contributed by atoms with van der Waals surface area (Å²) in [6.45, 7) is 0. The predicted molar refractivity (Wildman–Crippen MR) is 22.0 cm³/mol. The first-order valence-corrected chi connectivity index (χ1v) is 1.50. The Labute approximate surface area is 70.6 Å². The average Bonchev–Trinajstić information content (AvgIpc) is 1.00. The van der Waals surface area contributed by atoms with Crippen LogP contribution in [-0.2, 0) is 21.8 Å². The van der Waals surface area contributed by atoms with Crippen molar-refractivity contribution < 1.29 is 21.8 Å². The van der Waals surface area contributed by atoms with E-state index >= 15 is 0 Å². The molecule has 0 aromatic heterocycles.